The maximum atomic E-state index is 6.23. The van der Waals surface area contributed by atoms with Gasteiger partial charge in [-0.05, 0) is 36.8 Å². The van der Waals surface area contributed by atoms with Crippen molar-refractivity contribution < 1.29 is 9.47 Å². The number of methoxy groups -OCH3 is 1. The van der Waals surface area contributed by atoms with E-state index in [1.54, 1.807) is 7.11 Å². The Balaban J connectivity index is 2.12. The molecule has 2 N–H and O–H groups in total. The van der Waals surface area contributed by atoms with Gasteiger partial charge in [0.15, 0.2) is 11.5 Å². The van der Waals surface area contributed by atoms with Crippen LogP contribution < -0.4 is 15.2 Å². The van der Waals surface area contributed by atoms with Crippen molar-refractivity contribution in [2.45, 2.75) is 38.8 Å². The summed E-state index contributed by atoms with van der Waals surface area (Å²) in [4.78, 5) is 0. The normalized spacial score (nSPS) is 32.0. The van der Waals surface area contributed by atoms with E-state index in [1.165, 1.54) is 6.42 Å². The monoisotopic (exact) mass is 249 g/mol. The lowest BCUT2D eigenvalue weighted by Gasteiger charge is -2.37. The average molecular weight is 249 g/mol. The first-order valence-electron chi connectivity index (χ1n) is 6.67. The van der Waals surface area contributed by atoms with Gasteiger partial charge < -0.3 is 15.2 Å². The van der Waals surface area contributed by atoms with E-state index in [1.807, 2.05) is 24.3 Å². The standard InChI is InChI=1S/C15H23NO2/c1-10-8-11(2)15(12(16)9-10)18-14-7-5-4-6-13(14)17-3/h4-7,10-12,15H,8-9,16H2,1-3H3. The Morgan fingerprint density at radius 3 is 2.39 bits per heavy atom. The van der Waals surface area contributed by atoms with Crippen molar-refractivity contribution in [2.75, 3.05) is 7.11 Å². The molecule has 0 saturated heterocycles. The largest absolute Gasteiger partial charge is 0.493 e. The van der Waals surface area contributed by atoms with Crippen LogP contribution in [0.2, 0.25) is 0 Å². The van der Waals surface area contributed by atoms with Gasteiger partial charge in [-0.1, -0.05) is 26.0 Å². The molecule has 0 aliphatic heterocycles. The van der Waals surface area contributed by atoms with Crippen molar-refractivity contribution in [3.05, 3.63) is 24.3 Å². The van der Waals surface area contributed by atoms with E-state index in [4.69, 9.17) is 15.2 Å². The Morgan fingerprint density at radius 2 is 1.78 bits per heavy atom. The lowest BCUT2D eigenvalue weighted by atomic mass is 9.78. The van der Waals surface area contributed by atoms with Crippen LogP contribution in [0, 0.1) is 11.8 Å². The molecule has 0 bridgehead atoms. The smallest absolute Gasteiger partial charge is 0.161 e. The van der Waals surface area contributed by atoms with E-state index in [0.29, 0.717) is 11.8 Å². The number of para-hydroxylation sites is 2. The fraction of sp³-hybridized carbons (Fsp3) is 0.600. The SMILES string of the molecule is COc1ccccc1OC1C(C)CC(C)CC1N. The van der Waals surface area contributed by atoms with Gasteiger partial charge in [0.1, 0.15) is 6.10 Å². The highest BCUT2D eigenvalue weighted by atomic mass is 16.5. The summed E-state index contributed by atoms with van der Waals surface area (Å²) in [7, 11) is 1.66. The second kappa shape index (κ2) is 5.61. The van der Waals surface area contributed by atoms with E-state index in [-0.39, 0.29) is 12.1 Å². The maximum absolute atomic E-state index is 6.23. The molecule has 1 fully saturated rings. The van der Waals surface area contributed by atoms with Crippen molar-refractivity contribution in [3.63, 3.8) is 0 Å². The maximum Gasteiger partial charge on any atom is 0.161 e. The van der Waals surface area contributed by atoms with E-state index in [0.717, 1.165) is 17.9 Å². The molecule has 2 rings (SSSR count). The van der Waals surface area contributed by atoms with Crippen LogP contribution in [0.15, 0.2) is 24.3 Å². The fourth-order valence-electron chi connectivity index (χ4n) is 2.95. The highest BCUT2D eigenvalue weighted by Crippen LogP contribution is 2.34. The molecule has 0 heterocycles. The van der Waals surface area contributed by atoms with E-state index < -0.39 is 0 Å². The van der Waals surface area contributed by atoms with Crippen LogP contribution in [-0.2, 0) is 0 Å². The molecule has 0 aromatic heterocycles. The van der Waals surface area contributed by atoms with Gasteiger partial charge in [-0.2, -0.15) is 0 Å². The fourth-order valence-corrected chi connectivity index (χ4v) is 2.95. The molecule has 4 atom stereocenters. The summed E-state index contributed by atoms with van der Waals surface area (Å²) in [6.07, 6.45) is 2.29. The van der Waals surface area contributed by atoms with Gasteiger partial charge in [-0.3, -0.25) is 0 Å². The second-order valence-electron chi connectivity index (χ2n) is 5.45. The zero-order chi connectivity index (χ0) is 13.1. The van der Waals surface area contributed by atoms with Crippen LogP contribution in [0.3, 0.4) is 0 Å². The quantitative estimate of drug-likeness (QED) is 0.896. The Kier molecular flexibility index (Phi) is 4.12. The minimum Gasteiger partial charge on any atom is -0.493 e. The summed E-state index contributed by atoms with van der Waals surface area (Å²) in [5, 5.41) is 0. The summed E-state index contributed by atoms with van der Waals surface area (Å²) in [5.74, 6) is 2.73. The zero-order valence-electron chi connectivity index (χ0n) is 11.4. The first-order valence-corrected chi connectivity index (χ1v) is 6.67. The number of ether oxygens (including phenoxy) is 2. The highest BCUT2D eigenvalue weighted by molar-refractivity contribution is 5.39. The van der Waals surface area contributed by atoms with Crippen molar-refractivity contribution >= 4 is 0 Å². The number of rotatable bonds is 3. The third-order valence-electron chi connectivity index (χ3n) is 3.76. The van der Waals surface area contributed by atoms with Gasteiger partial charge in [0.25, 0.3) is 0 Å². The topological polar surface area (TPSA) is 44.5 Å². The van der Waals surface area contributed by atoms with Crippen LogP contribution in [0.25, 0.3) is 0 Å². The van der Waals surface area contributed by atoms with Crippen LogP contribution in [0.4, 0.5) is 0 Å². The predicted octanol–water partition coefficient (Wildman–Crippen LogP) is 2.84. The van der Waals surface area contributed by atoms with Gasteiger partial charge >= 0.3 is 0 Å². The molecular formula is C15H23NO2. The van der Waals surface area contributed by atoms with Gasteiger partial charge in [-0.25, -0.2) is 0 Å². The van der Waals surface area contributed by atoms with E-state index >= 15 is 0 Å². The number of nitrogens with two attached hydrogens (primary N) is 1. The molecule has 100 valence electrons. The summed E-state index contributed by atoms with van der Waals surface area (Å²) >= 11 is 0. The molecule has 0 spiro atoms. The molecule has 18 heavy (non-hydrogen) atoms. The average Bonchev–Trinajstić information content (AvgIpc) is 2.34. The molecule has 1 saturated carbocycles. The lowest BCUT2D eigenvalue weighted by molar-refractivity contribution is 0.0603. The molecule has 1 aliphatic carbocycles. The summed E-state index contributed by atoms with van der Waals surface area (Å²) < 4.78 is 11.4. The molecule has 1 aliphatic rings. The molecule has 3 heteroatoms. The third kappa shape index (κ3) is 2.78. The van der Waals surface area contributed by atoms with E-state index in [2.05, 4.69) is 13.8 Å². The second-order valence-corrected chi connectivity index (χ2v) is 5.45. The molecule has 0 radical (unpaired) electrons. The molecule has 4 unspecified atom stereocenters. The minimum atomic E-state index is 0.0810. The number of hydrogen-bond donors (Lipinski definition) is 1. The highest BCUT2D eigenvalue weighted by Gasteiger charge is 2.33. The number of hydrogen-bond acceptors (Lipinski definition) is 3. The first-order chi connectivity index (χ1) is 8.61. The molecule has 1 aromatic carbocycles. The van der Waals surface area contributed by atoms with Crippen molar-refractivity contribution in [2.24, 2.45) is 17.6 Å². The van der Waals surface area contributed by atoms with Crippen molar-refractivity contribution in [1.82, 2.24) is 0 Å². The predicted molar refractivity (Wildman–Crippen MR) is 72.9 cm³/mol. The van der Waals surface area contributed by atoms with Crippen molar-refractivity contribution in [1.29, 1.82) is 0 Å². The Hall–Kier alpha value is -1.22. The van der Waals surface area contributed by atoms with Crippen LogP contribution >= 0.6 is 0 Å². The van der Waals surface area contributed by atoms with Gasteiger partial charge in [-0.15, -0.1) is 0 Å². The van der Waals surface area contributed by atoms with Gasteiger partial charge in [0.2, 0.25) is 0 Å². The van der Waals surface area contributed by atoms with Crippen LogP contribution in [0.1, 0.15) is 26.7 Å². The Morgan fingerprint density at radius 1 is 1.11 bits per heavy atom. The summed E-state index contributed by atoms with van der Waals surface area (Å²) in [6, 6.07) is 7.86. The Bertz CT molecular complexity index is 382. The minimum absolute atomic E-state index is 0.0810. The summed E-state index contributed by atoms with van der Waals surface area (Å²) in [5.41, 5.74) is 6.23. The molecule has 1 aromatic rings. The van der Waals surface area contributed by atoms with Gasteiger partial charge in [0, 0.05) is 6.04 Å². The molecular weight excluding hydrogens is 226 g/mol. The van der Waals surface area contributed by atoms with Gasteiger partial charge in [0.05, 0.1) is 7.11 Å². The van der Waals surface area contributed by atoms with E-state index in [9.17, 15) is 0 Å². The van der Waals surface area contributed by atoms with Crippen molar-refractivity contribution in [3.8, 4) is 11.5 Å². The summed E-state index contributed by atoms with van der Waals surface area (Å²) in [6.45, 7) is 4.48. The number of benzene rings is 1. The lowest BCUT2D eigenvalue weighted by Crippen LogP contribution is -2.48. The molecule has 0 amide bonds. The first kappa shape index (κ1) is 13.2. The Labute approximate surface area is 109 Å². The van der Waals surface area contributed by atoms with Crippen LogP contribution in [0.5, 0.6) is 11.5 Å². The zero-order valence-corrected chi connectivity index (χ0v) is 11.4. The van der Waals surface area contributed by atoms with Crippen LogP contribution in [-0.4, -0.2) is 19.3 Å². The third-order valence-corrected chi connectivity index (χ3v) is 3.76. The molecule has 3 nitrogen and oxygen atoms in total.